The largest absolute Gasteiger partial charge is 0.301 e. The summed E-state index contributed by atoms with van der Waals surface area (Å²) in [5.74, 6) is 0. The Morgan fingerprint density at radius 3 is 2.88 bits per heavy atom. The Labute approximate surface area is 48.6 Å². The third-order valence-corrected chi connectivity index (χ3v) is 1.35. The molecule has 44 valence electrons. The predicted octanol–water partition coefficient (Wildman–Crippen LogP) is 0.809. The molecule has 0 aromatic rings. The smallest absolute Gasteiger partial charge is 0.144 e. The summed E-state index contributed by atoms with van der Waals surface area (Å²) in [6.07, 6.45) is 2.84. The van der Waals surface area contributed by atoms with Crippen LogP contribution in [0.3, 0.4) is 0 Å². The standard InChI is InChI=1S/C6H9NO/c1-5-2-3-6(4-8)7-5/h4,6H,2-3H2,1H3/t6-/m0/s1. The van der Waals surface area contributed by atoms with Gasteiger partial charge in [-0.2, -0.15) is 0 Å². The summed E-state index contributed by atoms with van der Waals surface area (Å²) >= 11 is 0. The number of hydrogen-bond donors (Lipinski definition) is 0. The maximum absolute atomic E-state index is 10.0. The van der Waals surface area contributed by atoms with Crippen molar-refractivity contribution in [3.63, 3.8) is 0 Å². The second-order valence-electron chi connectivity index (χ2n) is 2.11. The number of carbonyl (C=O) groups excluding carboxylic acids is 1. The molecule has 0 radical (unpaired) electrons. The van der Waals surface area contributed by atoms with E-state index in [9.17, 15) is 4.79 Å². The Hall–Kier alpha value is -0.660. The average Bonchev–Trinajstić information content (AvgIpc) is 2.14. The molecule has 0 aliphatic carbocycles. The molecule has 0 aromatic heterocycles. The lowest BCUT2D eigenvalue weighted by atomic mass is 10.2. The van der Waals surface area contributed by atoms with E-state index in [1.54, 1.807) is 0 Å². The maximum atomic E-state index is 10.0. The predicted molar refractivity (Wildman–Crippen MR) is 32.2 cm³/mol. The second kappa shape index (κ2) is 2.07. The van der Waals surface area contributed by atoms with Crippen LogP contribution in [-0.4, -0.2) is 18.0 Å². The van der Waals surface area contributed by atoms with Crippen LogP contribution in [-0.2, 0) is 4.79 Å². The van der Waals surface area contributed by atoms with Gasteiger partial charge in [-0.05, 0) is 19.8 Å². The van der Waals surface area contributed by atoms with Crippen molar-refractivity contribution in [1.82, 2.24) is 0 Å². The molecule has 1 heterocycles. The normalized spacial score (nSPS) is 27.6. The lowest BCUT2D eigenvalue weighted by Crippen LogP contribution is -1.98. The van der Waals surface area contributed by atoms with Crippen molar-refractivity contribution in [3.05, 3.63) is 0 Å². The second-order valence-corrected chi connectivity index (χ2v) is 2.11. The first-order valence-electron chi connectivity index (χ1n) is 2.81. The van der Waals surface area contributed by atoms with Crippen LogP contribution in [0.1, 0.15) is 19.8 Å². The summed E-state index contributed by atoms with van der Waals surface area (Å²) in [7, 11) is 0. The lowest BCUT2D eigenvalue weighted by Gasteiger charge is -1.87. The average molecular weight is 111 g/mol. The van der Waals surface area contributed by atoms with Crippen molar-refractivity contribution in [2.24, 2.45) is 4.99 Å². The highest BCUT2D eigenvalue weighted by atomic mass is 16.1. The first-order valence-corrected chi connectivity index (χ1v) is 2.81. The Kier molecular flexibility index (Phi) is 1.42. The summed E-state index contributed by atoms with van der Waals surface area (Å²) in [4.78, 5) is 14.1. The summed E-state index contributed by atoms with van der Waals surface area (Å²) in [5.41, 5.74) is 1.11. The van der Waals surface area contributed by atoms with E-state index in [0.717, 1.165) is 24.8 Å². The molecule has 8 heavy (non-hydrogen) atoms. The Balaban J connectivity index is 2.53. The first-order chi connectivity index (χ1) is 3.83. The van der Waals surface area contributed by atoms with Crippen molar-refractivity contribution in [1.29, 1.82) is 0 Å². The van der Waals surface area contributed by atoms with Crippen LogP contribution in [0.4, 0.5) is 0 Å². The SMILES string of the molecule is CC1=N[C@H](C=O)CC1. The van der Waals surface area contributed by atoms with Crippen LogP contribution in [0, 0.1) is 0 Å². The molecule has 0 bridgehead atoms. The van der Waals surface area contributed by atoms with Gasteiger partial charge in [0.1, 0.15) is 12.3 Å². The highest BCUT2D eigenvalue weighted by Gasteiger charge is 2.11. The summed E-state index contributed by atoms with van der Waals surface area (Å²) < 4.78 is 0. The van der Waals surface area contributed by atoms with Gasteiger partial charge in [0, 0.05) is 5.71 Å². The minimum Gasteiger partial charge on any atom is -0.301 e. The van der Waals surface area contributed by atoms with Gasteiger partial charge in [0.15, 0.2) is 0 Å². The fraction of sp³-hybridized carbons (Fsp3) is 0.667. The zero-order valence-electron chi connectivity index (χ0n) is 4.92. The first kappa shape index (κ1) is 5.48. The monoisotopic (exact) mass is 111 g/mol. The van der Waals surface area contributed by atoms with Gasteiger partial charge >= 0.3 is 0 Å². The molecule has 1 aliphatic rings. The number of aliphatic imine (C=N–C) groups is 1. The number of aldehydes is 1. The van der Waals surface area contributed by atoms with Crippen molar-refractivity contribution in [3.8, 4) is 0 Å². The number of rotatable bonds is 1. The van der Waals surface area contributed by atoms with Crippen molar-refractivity contribution >= 4 is 12.0 Å². The van der Waals surface area contributed by atoms with Gasteiger partial charge in [0.2, 0.25) is 0 Å². The highest BCUT2D eigenvalue weighted by molar-refractivity contribution is 5.86. The Morgan fingerprint density at radius 1 is 1.88 bits per heavy atom. The van der Waals surface area contributed by atoms with Gasteiger partial charge in [0.25, 0.3) is 0 Å². The molecule has 0 aromatic carbocycles. The molecule has 0 amide bonds. The van der Waals surface area contributed by atoms with E-state index in [1.807, 2.05) is 6.92 Å². The minimum atomic E-state index is -0.0185. The van der Waals surface area contributed by atoms with Crippen LogP contribution >= 0.6 is 0 Å². The van der Waals surface area contributed by atoms with E-state index < -0.39 is 0 Å². The number of nitrogens with zero attached hydrogens (tertiary/aromatic N) is 1. The van der Waals surface area contributed by atoms with Gasteiger partial charge in [0.05, 0.1) is 0 Å². The zero-order chi connectivity index (χ0) is 5.98. The molecular weight excluding hydrogens is 102 g/mol. The van der Waals surface area contributed by atoms with Crippen molar-refractivity contribution in [2.75, 3.05) is 0 Å². The van der Waals surface area contributed by atoms with E-state index in [4.69, 9.17) is 0 Å². The fourth-order valence-corrected chi connectivity index (χ4v) is 0.867. The lowest BCUT2D eigenvalue weighted by molar-refractivity contribution is -0.108. The van der Waals surface area contributed by atoms with Gasteiger partial charge in [-0.25, -0.2) is 0 Å². The van der Waals surface area contributed by atoms with E-state index in [0.29, 0.717) is 0 Å². The number of carbonyl (C=O) groups is 1. The molecule has 0 unspecified atom stereocenters. The molecule has 0 saturated heterocycles. The summed E-state index contributed by atoms with van der Waals surface area (Å²) in [6, 6.07) is -0.0185. The Morgan fingerprint density at radius 2 is 2.62 bits per heavy atom. The number of hydrogen-bond acceptors (Lipinski definition) is 2. The van der Waals surface area contributed by atoms with Gasteiger partial charge in [-0.1, -0.05) is 0 Å². The molecule has 1 atom stereocenters. The van der Waals surface area contributed by atoms with Gasteiger partial charge in [-0.3, -0.25) is 4.99 Å². The molecule has 1 aliphatic heterocycles. The quantitative estimate of drug-likeness (QED) is 0.460. The van der Waals surface area contributed by atoms with E-state index in [2.05, 4.69) is 4.99 Å². The van der Waals surface area contributed by atoms with Crippen molar-refractivity contribution < 1.29 is 4.79 Å². The molecular formula is C6H9NO. The highest BCUT2D eigenvalue weighted by Crippen LogP contribution is 2.09. The summed E-state index contributed by atoms with van der Waals surface area (Å²) in [6.45, 7) is 1.96. The van der Waals surface area contributed by atoms with Crippen LogP contribution in [0.15, 0.2) is 4.99 Å². The molecule has 0 N–H and O–H groups in total. The van der Waals surface area contributed by atoms with Gasteiger partial charge < -0.3 is 4.79 Å². The molecule has 0 spiro atoms. The van der Waals surface area contributed by atoms with Crippen LogP contribution in [0.5, 0.6) is 0 Å². The molecule has 2 nitrogen and oxygen atoms in total. The van der Waals surface area contributed by atoms with E-state index >= 15 is 0 Å². The third kappa shape index (κ3) is 0.941. The van der Waals surface area contributed by atoms with Crippen LogP contribution < -0.4 is 0 Å². The van der Waals surface area contributed by atoms with Crippen LogP contribution in [0.2, 0.25) is 0 Å². The Bertz CT molecular complexity index is 128. The van der Waals surface area contributed by atoms with E-state index in [-0.39, 0.29) is 6.04 Å². The van der Waals surface area contributed by atoms with E-state index in [1.165, 1.54) is 0 Å². The minimum absolute atomic E-state index is 0.0185. The third-order valence-electron chi connectivity index (χ3n) is 1.35. The molecule has 1 rings (SSSR count). The zero-order valence-corrected chi connectivity index (χ0v) is 4.92. The maximum Gasteiger partial charge on any atom is 0.144 e. The summed E-state index contributed by atoms with van der Waals surface area (Å²) in [5, 5.41) is 0. The topological polar surface area (TPSA) is 29.4 Å². The van der Waals surface area contributed by atoms with Crippen LogP contribution in [0.25, 0.3) is 0 Å². The van der Waals surface area contributed by atoms with Crippen molar-refractivity contribution in [2.45, 2.75) is 25.8 Å². The molecule has 0 saturated carbocycles. The fourth-order valence-electron chi connectivity index (χ4n) is 0.867. The molecule has 2 heteroatoms. The van der Waals surface area contributed by atoms with Gasteiger partial charge in [-0.15, -0.1) is 0 Å². The molecule has 0 fully saturated rings.